The van der Waals surface area contributed by atoms with Gasteiger partial charge in [-0.3, -0.25) is 4.68 Å². The van der Waals surface area contributed by atoms with E-state index < -0.39 is 0 Å². The van der Waals surface area contributed by atoms with E-state index in [1.165, 1.54) is 50.6 Å². The van der Waals surface area contributed by atoms with Gasteiger partial charge < -0.3 is 10.1 Å². The standard InChI is InChI=1S/C16H27N3O/c1-2-13-6-3-4-8-16(13)18-14-10-17-19(11-14)12-15-7-5-9-20-15/h10-11,13,15-16,18H,2-9,12H2,1H3. The molecule has 3 atom stereocenters. The lowest BCUT2D eigenvalue weighted by atomic mass is 9.83. The fraction of sp³-hybridized carbons (Fsp3) is 0.812. The van der Waals surface area contributed by atoms with Crippen molar-refractivity contribution in [1.29, 1.82) is 0 Å². The SMILES string of the molecule is CCC1CCCCC1Nc1cnn(CC2CCCO2)c1. The lowest BCUT2D eigenvalue weighted by Gasteiger charge is -2.31. The minimum Gasteiger partial charge on any atom is -0.379 e. The van der Waals surface area contributed by atoms with Crippen LogP contribution in [0.25, 0.3) is 0 Å². The summed E-state index contributed by atoms with van der Waals surface area (Å²) < 4.78 is 7.70. The van der Waals surface area contributed by atoms with Gasteiger partial charge in [0.2, 0.25) is 0 Å². The first kappa shape index (κ1) is 13.9. The fourth-order valence-corrected chi connectivity index (χ4v) is 3.64. The Labute approximate surface area is 121 Å². The van der Waals surface area contributed by atoms with E-state index in [0.717, 1.165) is 19.1 Å². The van der Waals surface area contributed by atoms with Crippen molar-refractivity contribution in [2.24, 2.45) is 5.92 Å². The second kappa shape index (κ2) is 6.61. The summed E-state index contributed by atoms with van der Waals surface area (Å²) in [7, 11) is 0. The molecule has 112 valence electrons. The second-order valence-corrected chi connectivity index (χ2v) is 6.29. The maximum absolute atomic E-state index is 5.67. The van der Waals surface area contributed by atoms with E-state index in [2.05, 4.69) is 23.5 Å². The third kappa shape index (κ3) is 3.35. The molecule has 20 heavy (non-hydrogen) atoms. The summed E-state index contributed by atoms with van der Waals surface area (Å²) in [4.78, 5) is 0. The lowest BCUT2D eigenvalue weighted by Crippen LogP contribution is -2.31. The molecule has 1 aromatic heterocycles. The normalized spacial score (nSPS) is 30.6. The highest BCUT2D eigenvalue weighted by atomic mass is 16.5. The summed E-state index contributed by atoms with van der Waals surface area (Å²) in [5, 5.41) is 8.17. The maximum atomic E-state index is 5.67. The quantitative estimate of drug-likeness (QED) is 0.896. The Bertz CT molecular complexity index is 412. The van der Waals surface area contributed by atoms with Crippen LogP contribution in [0.4, 0.5) is 5.69 Å². The molecule has 2 heterocycles. The third-order valence-corrected chi connectivity index (χ3v) is 4.83. The predicted molar refractivity (Wildman–Crippen MR) is 80.9 cm³/mol. The van der Waals surface area contributed by atoms with Gasteiger partial charge in [-0.25, -0.2) is 0 Å². The van der Waals surface area contributed by atoms with Crippen molar-refractivity contribution in [1.82, 2.24) is 9.78 Å². The van der Waals surface area contributed by atoms with E-state index >= 15 is 0 Å². The van der Waals surface area contributed by atoms with Crippen molar-refractivity contribution >= 4 is 5.69 Å². The number of hydrogen-bond donors (Lipinski definition) is 1. The van der Waals surface area contributed by atoms with Gasteiger partial charge in [0.15, 0.2) is 0 Å². The van der Waals surface area contributed by atoms with Gasteiger partial charge in [-0.2, -0.15) is 5.10 Å². The molecule has 1 aliphatic carbocycles. The van der Waals surface area contributed by atoms with E-state index in [1.54, 1.807) is 0 Å². The molecule has 1 N–H and O–H groups in total. The summed E-state index contributed by atoms with van der Waals surface area (Å²) >= 11 is 0. The Morgan fingerprint density at radius 2 is 2.20 bits per heavy atom. The molecule has 0 amide bonds. The van der Waals surface area contributed by atoms with E-state index in [-0.39, 0.29) is 0 Å². The molecule has 4 nitrogen and oxygen atoms in total. The van der Waals surface area contributed by atoms with Crippen LogP contribution in [-0.2, 0) is 11.3 Å². The molecule has 4 heteroatoms. The van der Waals surface area contributed by atoms with Gasteiger partial charge in [0, 0.05) is 18.8 Å². The molecule has 2 aliphatic rings. The highest BCUT2D eigenvalue weighted by Crippen LogP contribution is 2.29. The van der Waals surface area contributed by atoms with Crippen LogP contribution in [0.3, 0.4) is 0 Å². The number of rotatable bonds is 5. The zero-order valence-corrected chi connectivity index (χ0v) is 12.6. The average Bonchev–Trinajstić information content (AvgIpc) is 3.12. The van der Waals surface area contributed by atoms with Gasteiger partial charge in [-0.05, 0) is 31.6 Å². The molecule has 0 bridgehead atoms. The van der Waals surface area contributed by atoms with Crippen molar-refractivity contribution in [2.45, 2.75) is 70.6 Å². The van der Waals surface area contributed by atoms with E-state index in [4.69, 9.17) is 4.74 Å². The Hall–Kier alpha value is -1.03. The first-order valence-electron chi connectivity index (χ1n) is 8.25. The molecule has 3 unspecified atom stereocenters. The van der Waals surface area contributed by atoms with Gasteiger partial charge in [0.1, 0.15) is 0 Å². The summed E-state index contributed by atoms with van der Waals surface area (Å²) in [5.74, 6) is 0.824. The van der Waals surface area contributed by atoms with Crippen LogP contribution in [-0.4, -0.2) is 28.5 Å². The molecular formula is C16H27N3O. The van der Waals surface area contributed by atoms with Crippen molar-refractivity contribution in [3.8, 4) is 0 Å². The molecular weight excluding hydrogens is 250 g/mol. The van der Waals surface area contributed by atoms with Crippen molar-refractivity contribution in [2.75, 3.05) is 11.9 Å². The topological polar surface area (TPSA) is 39.1 Å². The van der Waals surface area contributed by atoms with Crippen molar-refractivity contribution in [3.05, 3.63) is 12.4 Å². The second-order valence-electron chi connectivity index (χ2n) is 6.29. The van der Waals surface area contributed by atoms with Crippen LogP contribution < -0.4 is 5.32 Å². The molecule has 0 aromatic carbocycles. The monoisotopic (exact) mass is 277 g/mol. The number of nitrogens with zero attached hydrogens (tertiary/aromatic N) is 2. The van der Waals surface area contributed by atoms with E-state index in [0.29, 0.717) is 12.1 Å². The summed E-state index contributed by atoms with van der Waals surface area (Å²) in [6.45, 7) is 4.12. The molecule has 2 fully saturated rings. The number of hydrogen-bond acceptors (Lipinski definition) is 3. The minimum absolute atomic E-state index is 0.362. The molecule has 0 radical (unpaired) electrons. The van der Waals surface area contributed by atoms with Crippen LogP contribution in [0.2, 0.25) is 0 Å². The molecule has 1 saturated carbocycles. The summed E-state index contributed by atoms with van der Waals surface area (Å²) in [6.07, 6.45) is 13.5. The first-order chi connectivity index (χ1) is 9.85. The molecule has 3 rings (SSSR count). The third-order valence-electron chi connectivity index (χ3n) is 4.83. The minimum atomic E-state index is 0.362. The van der Waals surface area contributed by atoms with Crippen LogP contribution >= 0.6 is 0 Å². The van der Waals surface area contributed by atoms with Crippen LogP contribution in [0, 0.1) is 5.92 Å². The van der Waals surface area contributed by atoms with Crippen molar-refractivity contribution < 1.29 is 4.74 Å². The maximum Gasteiger partial charge on any atom is 0.0771 e. The number of anilines is 1. The summed E-state index contributed by atoms with van der Waals surface area (Å²) in [6, 6.07) is 0.633. The Morgan fingerprint density at radius 1 is 1.30 bits per heavy atom. The summed E-state index contributed by atoms with van der Waals surface area (Å²) in [5.41, 5.74) is 1.17. The van der Waals surface area contributed by atoms with Crippen molar-refractivity contribution in [3.63, 3.8) is 0 Å². The number of ether oxygens (including phenoxy) is 1. The van der Waals surface area contributed by atoms with Crippen LogP contribution in [0.1, 0.15) is 51.9 Å². The Balaban J connectivity index is 1.55. The Kier molecular flexibility index (Phi) is 4.61. The highest BCUT2D eigenvalue weighted by Gasteiger charge is 2.24. The fourth-order valence-electron chi connectivity index (χ4n) is 3.64. The van der Waals surface area contributed by atoms with Crippen LogP contribution in [0.15, 0.2) is 12.4 Å². The largest absolute Gasteiger partial charge is 0.379 e. The highest BCUT2D eigenvalue weighted by molar-refractivity contribution is 5.39. The molecule has 1 saturated heterocycles. The van der Waals surface area contributed by atoms with Gasteiger partial charge in [-0.1, -0.05) is 26.2 Å². The molecule has 1 aliphatic heterocycles. The zero-order valence-electron chi connectivity index (χ0n) is 12.6. The van der Waals surface area contributed by atoms with Gasteiger partial charge >= 0.3 is 0 Å². The van der Waals surface area contributed by atoms with Gasteiger partial charge in [0.05, 0.1) is 24.5 Å². The molecule has 0 spiro atoms. The number of nitrogens with one attached hydrogen (secondary N) is 1. The predicted octanol–water partition coefficient (Wildman–Crippen LogP) is 3.44. The van der Waals surface area contributed by atoms with E-state index in [1.807, 2.05) is 10.9 Å². The Morgan fingerprint density at radius 3 is 3.00 bits per heavy atom. The van der Waals surface area contributed by atoms with Gasteiger partial charge in [-0.15, -0.1) is 0 Å². The smallest absolute Gasteiger partial charge is 0.0771 e. The van der Waals surface area contributed by atoms with Gasteiger partial charge in [0.25, 0.3) is 0 Å². The average molecular weight is 277 g/mol. The lowest BCUT2D eigenvalue weighted by molar-refractivity contribution is 0.0940. The first-order valence-corrected chi connectivity index (χ1v) is 8.25. The number of aromatic nitrogens is 2. The van der Waals surface area contributed by atoms with E-state index in [9.17, 15) is 0 Å². The zero-order chi connectivity index (χ0) is 13.8. The van der Waals surface area contributed by atoms with Crippen LogP contribution in [0.5, 0.6) is 0 Å². The molecule has 1 aromatic rings.